The van der Waals surface area contributed by atoms with Crippen LogP contribution in [0.3, 0.4) is 0 Å². The van der Waals surface area contributed by atoms with Gasteiger partial charge in [-0.25, -0.2) is 0 Å². The van der Waals surface area contributed by atoms with Gasteiger partial charge >= 0.3 is 42.1 Å². The van der Waals surface area contributed by atoms with Gasteiger partial charge in [0.25, 0.3) is 0 Å². The number of hydrogen-bond donors (Lipinski definition) is 0. The van der Waals surface area contributed by atoms with Gasteiger partial charge in [0, 0.05) is 25.6 Å². The number of rotatable bonds is 0. The zero-order valence-electron chi connectivity index (χ0n) is 6.76. The molecule has 0 aliphatic heterocycles. The smallest absolute Gasteiger partial charge is 0.671 e. The van der Waals surface area contributed by atoms with Crippen LogP contribution in [0.1, 0.15) is 0 Å². The van der Waals surface area contributed by atoms with Gasteiger partial charge in [0.1, 0.15) is 0 Å². The molecule has 0 radical (unpaired) electrons. The number of amides is 4. The molecule has 4 N–H and O–H groups in total. The number of hydrogen-bond acceptors (Lipinski definition) is 4. The molecule has 0 aromatic heterocycles. The molecule has 8 nitrogen and oxygen atoms in total. The second-order valence-electron chi connectivity index (χ2n) is 0.471. The minimum Gasteiger partial charge on any atom is -0.671 e. The van der Waals surface area contributed by atoms with Gasteiger partial charge in [0.2, 0.25) is 0 Å². The molecule has 0 bridgehead atoms. The Kier molecular flexibility index (Phi) is 396. The zero-order valence-corrected chi connectivity index (χ0v) is 12.6. The molecular formula is C4H8N4O4W2. The molecule has 0 aliphatic rings. The van der Waals surface area contributed by atoms with E-state index in [1.54, 1.807) is 0 Å². The Labute approximate surface area is 110 Å². The van der Waals surface area contributed by atoms with Crippen molar-refractivity contribution in [1.29, 1.82) is 0 Å². The minimum atomic E-state index is 0. The van der Waals surface area contributed by atoms with E-state index in [2.05, 4.69) is 0 Å². The van der Waals surface area contributed by atoms with Crippen molar-refractivity contribution < 1.29 is 61.3 Å². The molecule has 4 amide bonds. The molecule has 0 saturated carbocycles. The molecule has 0 fully saturated rings. The summed E-state index contributed by atoms with van der Waals surface area (Å²) in [6.45, 7) is 0. The molecule has 14 heavy (non-hydrogen) atoms. The monoisotopic (exact) mass is 544 g/mol. The molecular weight excluding hydrogens is 536 g/mol. The number of nitrogens with one attached hydrogen (secondary N) is 4. The maximum absolute atomic E-state index is 8.47. The number of carbonyl (C=O) groups is 4. The summed E-state index contributed by atoms with van der Waals surface area (Å²) in [5.74, 6) is 0. The van der Waals surface area contributed by atoms with Gasteiger partial charge in [0.05, 0.1) is 0 Å². The quantitative estimate of drug-likeness (QED) is 0.412. The van der Waals surface area contributed by atoms with Crippen molar-refractivity contribution in [1.82, 2.24) is 0 Å². The topological polar surface area (TPSA) is 163 Å². The van der Waals surface area contributed by atoms with Crippen LogP contribution in [0.4, 0.5) is 0 Å². The summed E-state index contributed by atoms with van der Waals surface area (Å²) in [4.78, 5) is 33.9. The van der Waals surface area contributed by atoms with Crippen molar-refractivity contribution in [2.75, 3.05) is 0 Å². The second kappa shape index (κ2) is 146. The van der Waals surface area contributed by atoms with Gasteiger partial charge < -0.3 is 42.1 Å². The minimum absolute atomic E-state index is 0. The third-order valence-corrected chi connectivity index (χ3v) is 0. The molecule has 0 heterocycles. The van der Waals surface area contributed by atoms with Crippen LogP contribution in [0.5, 0.6) is 0 Å². The van der Waals surface area contributed by atoms with E-state index in [-0.39, 0.29) is 67.8 Å². The van der Waals surface area contributed by atoms with Gasteiger partial charge in [-0.1, -0.05) is 0 Å². The van der Waals surface area contributed by atoms with Gasteiger partial charge in [-0.2, -0.15) is 0 Å². The second-order valence-corrected chi connectivity index (χ2v) is 0.471. The zero-order chi connectivity index (χ0) is 10.8. The van der Waals surface area contributed by atoms with E-state index in [4.69, 9.17) is 42.1 Å². The molecule has 0 unspecified atom stereocenters. The summed E-state index contributed by atoms with van der Waals surface area (Å²) < 4.78 is 0. The van der Waals surface area contributed by atoms with Crippen LogP contribution >= 0.6 is 0 Å². The molecule has 0 aromatic rings. The molecule has 80 valence electrons. The average molecular weight is 544 g/mol. The van der Waals surface area contributed by atoms with E-state index in [1.807, 2.05) is 0 Å². The Balaban J connectivity index is -0.0000000145. The van der Waals surface area contributed by atoms with Gasteiger partial charge in [0.15, 0.2) is 0 Å². The normalized spacial score (nSPS) is 3.43. The Morgan fingerprint density at radius 2 is 0.500 bits per heavy atom. The first-order valence-electron chi connectivity index (χ1n) is 2.10. The summed E-state index contributed by atoms with van der Waals surface area (Å²) in [5, 5.41) is 0. The summed E-state index contributed by atoms with van der Waals surface area (Å²) in [6, 6.07) is 0. The molecule has 0 atom stereocenters. The Bertz CT molecular complexity index is 81.3. The third-order valence-electron chi connectivity index (χ3n) is 0. The van der Waals surface area contributed by atoms with Crippen LogP contribution in [-0.4, -0.2) is 25.6 Å². The van der Waals surface area contributed by atoms with E-state index in [0.717, 1.165) is 0 Å². The first-order valence-corrected chi connectivity index (χ1v) is 2.10. The van der Waals surface area contributed by atoms with E-state index < -0.39 is 0 Å². The summed E-state index contributed by atoms with van der Waals surface area (Å²) in [5.41, 5.74) is 22.1. The fourth-order valence-electron chi connectivity index (χ4n) is 0. The van der Waals surface area contributed by atoms with Crippen LogP contribution < -0.4 is 0 Å². The fourth-order valence-corrected chi connectivity index (χ4v) is 0. The molecule has 0 spiro atoms. The Morgan fingerprint density at radius 1 is 0.500 bits per heavy atom. The average Bonchev–Trinajstić information content (AvgIpc) is 1.92. The summed E-state index contributed by atoms with van der Waals surface area (Å²) in [7, 11) is 0. The van der Waals surface area contributed by atoms with E-state index in [0.29, 0.717) is 0 Å². The summed E-state index contributed by atoms with van der Waals surface area (Å²) >= 11 is 0. The van der Waals surface area contributed by atoms with Crippen molar-refractivity contribution >= 4 is 25.6 Å². The molecule has 0 rings (SSSR count). The van der Waals surface area contributed by atoms with E-state index in [9.17, 15) is 0 Å². The maximum atomic E-state index is 8.47. The largest absolute Gasteiger partial charge is 2.00 e. The number of carbonyl (C=O) groups excluding carboxylic acids is 4. The third kappa shape index (κ3) is 2140. The van der Waals surface area contributed by atoms with Gasteiger partial charge in [-0.05, 0) is 0 Å². The SMILES string of the molecule is [NH-]C=O.[NH-]C=O.[NH-]C=O.[NH-]C=O.[W+2].[W+2]. The van der Waals surface area contributed by atoms with Crippen LogP contribution in [0.15, 0.2) is 0 Å². The molecule has 0 saturated heterocycles. The van der Waals surface area contributed by atoms with Crippen LogP contribution in [0, 0.1) is 0 Å². The fraction of sp³-hybridized carbons (Fsp3) is 0. The van der Waals surface area contributed by atoms with Crippen LogP contribution in [0.25, 0.3) is 22.9 Å². The predicted octanol–water partition coefficient (Wildman–Crippen LogP) is 0.775. The van der Waals surface area contributed by atoms with Crippen LogP contribution in [-0.2, 0) is 61.3 Å². The molecule has 10 heteroatoms. The van der Waals surface area contributed by atoms with E-state index >= 15 is 0 Å². The van der Waals surface area contributed by atoms with Crippen molar-refractivity contribution in [2.45, 2.75) is 0 Å². The Hall–Kier alpha value is -0.743. The molecule has 0 aromatic carbocycles. The van der Waals surface area contributed by atoms with Crippen LogP contribution in [0.2, 0.25) is 0 Å². The Morgan fingerprint density at radius 3 is 0.500 bits per heavy atom. The maximum Gasteiger partial charge on any atom is 2.00 e. The predicted molar refractivity (Wildman–Crippen MR) is 41.5 cm³/mol. The van der Waals surface area contributed by atoms with Crippen molar-refractivity contribution in [2.24, 2.45) is 0 Å². The standard InChI is InChI=1S/4CH3NO.2W/c4*2-1-3;;/h4*1H,(H2,2,3);;/q;;;;2*+2/p-4. The first kappa shape index (κ1) is 37.8. The van der Waals surface area contributed by atoms with E-state index in [1.165, 1.54) is 0 Å². The van der Waals surface area contributed by atoms with Crippen molar-refractivity contribution in [3.63, 3.8) is 0 Å². The summed E-state index contributed by atoms with van der Waals surface area (Å²) in [6.07, 6.45) is 0. The van der Waals surface area contributed by atoms with Crippen molar-refractivity contribution in [3.8, 4) is 0 Å². The molecule has 0 aliphatic carbocycles. The van der Waals surface area contributed by atoms with Gasteiger partial charge in [-0.3, -0.25) is 0 Å². The first-order chi connectivity index (χ1) is 5.66. The van der Waals surface area contributed by atoms with Crippen molar-refractivity contribution in [3.05, 3.63) is 22.9 Å². The van der Waals surface area contributed by atoms with Gasteiger partial charge in [-0.15, -0.1) is 0 Å².